The van der Waals surface area contributed by atoms with Gasteiger partial charge in [-0.25, -0.2) is 0 Å². The van der Waals surface area contributed by atoms with E-state index in [-0.39, 0.29) is 5.91 Å². The van der Waals surface area contributed by atoms with E-state index >= 15 is 0 Å². The molecule has 4 rings (SSSR count). The van der Waals surface area contributed by atoms with Gasteiger partial charge in [-0.1, -0.05) is 16.8 Å². The van der Waals surface area contributed by atoms with Gasteiger partial charge in [0.05, 0.1) is 0 Å². The second kappa shape index (κ2) is 7.76. The van der Waals surface area contributed by atoms with Gasteiger partial charge in [-0.2, -0.15) is 4.98 Å². The molecule has 0 aliphatic carbocycles. The van der Waals surface area contributed by atoms with E-state index in [1.807, 2.05) is 12.1 Å². The number of nitrogens with one attached hydrogen (secondary N) is 2. The number of hydrogen-bond donors (Lipinski definition) is 2. The van der Waals surface area contributed by atoms with Gasteiger partial charge in [0.2, 0.25) is 17.6 Å². The molecule has 2 N–H and O–H groups in total. The highest BCUT2D eigenvalue weighted by Gasteiger charge is 2.33. The third kappa shape index (κ3) is 4.24. The van der Waals surface area contributed by atoms with Crippen LogP contribution in [0.15, 0.2) is 28.8 Å². The molecule has 2 aliphatic rings. The number of benzene rings is 1. The van der Waals surface area contributed by atoms with Crippen molar-refractivity contribution in [3.8, 4) is 11.4 Å². The normalized spacial score (nSPS) is 24.6. The lowest BCUT2D eigenvalue weighted by Crippen LogP contribution is -2.48. The number of carbonyl (C=O) groups is 1. The van der Waals surface area contributed by atoms with Crippen molar-refractivity contribution in [1.82, 2.24) is 20.8 Å². The molecule has 2 saturated heterocycles. The molecule has 0 saturated carbocycles. The molecule has 1 amide bonds. The number of aromatic nitrogens is 2. The Hall–Kier alpha value is -1.92. The number of fused-ring (bicyclic) bond motifs is 2. The van der Waals surface area contributed by atoms with Gasteiger partial charge in [-0.05, 0) is 56.4 Å². The standard InChI is InChI=1S/C19H23ClN4O2/c20-13-6-4-12(5-7-13)19-23-18(26-24-19)3-1-2-17(25)22-16-10-14-8-9-15(11-16)21-14/h4-7,14-16,21H,1-3,8-11H2,(H,22,25). The summed E-state index contributed by atoms with van der Waals surface area (Å²) in [5, 5.41) is 11.4. The Bertz CT molecular complexity index is 749. The molecule has 1 aromatic carbocycles. The fraction of sp³-hybridized carbons (Fsp3) is 0.526. The SMILES string of the molecule is O=C(CCCc1nc(-c2ccc(Cl)cc2)no1)NC1CC2CCC(C1)N2. The summed E-state index contributed by atoms with van der Waals surface area (Å²) < 4.78 is 5.28. The molecule has 2 fully saturated rings. The summed E-state index contributed by atoms with van der Waals surface area (Å²) in [6.45, 7) is 0. The maximum absolute atomic E-state index is 12.2. The van der Waals surface area contributed by atoms with Crippen LogP contribution in [0.4, 0.5) is 0 Å². The molecule has 2 atom stereocenters. The Kier molecular flexibility index (Phi) is 5.22. The van der Waals surface area contributed by atoms with Crippen molar-refractivity contribution in [2.45, 2.75) is 63.1 Å². The molecular weight excluding hydrogens is 352 g/mol. The maximum atomic E-state index is 12.2. The van der Waals surface area contributed by atoms with Crippen LogP contribution in [0.25, 0.3) is 11.4 Å². The van der Waals surface area contributed by atoms with Crippen LogP contribution in [0.2, 0.25) is 5.02 Å². The average Bonchev–Trinajstić information content (AvgIpc) is 3.22. The van der Waals surface area contributed by atoms with Crippen LogP contribution >= 0.6 is 11.6 Å². The predicted molar refractivity (Wildman–Crippen MR) is 98.8 cm³/mol. The zero-order valence-corrected chi connectivity index (χ0v) is 15.3. The number of rotatable bonds is 6. The molecule has 1 aromatic heterocycles. The number of piperidine rings is 1. The highest BCUT2D eigenvalue weighted by Crippen LogP contribution is 2.26. The van der Waals surface area contributed by atoms with Gasteiger partial charge in [-0.15, -0.1) is 0 Å². The molecular formula is C19H23ClN4O2. The Morgan fingerprint density at radius 1 is 1.23 bits per heavy atom. The van der Waals surface area contributed by atoms with E-state index in [1.165, 1.54) is 12.8 Å². The van der Waals surface area contributed by atoms with Crippen LogP contribution in [-0.2, 0) is 11.2 Å². The number of amides is 1. The molecule has 26 heavy (non-hydrogen) atoms. The second-order valence-electron chi connectivity index (χ2n) is 7.25. The fourth-order valence-corrected chi connectivity index (χ4v) is 4.07. The van der Waals surface area contributed by atoms with Crippen LogP contribution in [0.3, 0.4) is 0 Å². The first-order chi connectivity index (χ1) is 12.7. The third-order valence-electron chi connectivity index (χ3n) is 5.20. The van der Waals surface area contributed by atoms with E-state index in [0.717, 1.165) is 18.4 Å². The van der Waals surface area contributed by atoms with Crippen LogP contribution in [0, 0.1) is 0 Å². The summed E-state index contributed by atoms with van der Waals surface area (Å²) in [4.78, 5) is 16.6. The molecule has 138 valence electrons. The lowest BCUT2D eigenvalue weighted by molar-refractivity contribution is -0.122. The number of aryl methyl sites for hydroxylation is 1. The van der Waals surface area contributed by atoms with E-state index in [2.05, 4.69) is 20.8 Å². The van der Waals surface area contributed by atoms with Gasteiger partial charge >= 0.3 is 0 Å². The largest absolute Gasteiger partial charge is 0.353 e. The van der Waals surface area contributed by atoms with Gasteiger partial charge in [0.25, 0.3) is 0 Å². The summed E-state index contributed by atoms with van der Waals surface area (Å²) in [6.07, 6.45) is 6.37. The zero-order chi connectivity index (χ0) is 17.9. The Morgan fingerprint density at radius 2 is 1.96 bits per heavy atom. The van der Waals surface area contributed by atoms with Crippen molar-refractivity contribution in [3.05, 3.63) is 35.2 Å². The number of hydrogen-bond acceptors (Lipinski definition) is 5. The van der Waals surface area contributed by atoms with E-state index in [1.54, 1.807) is 12.1 Å². The van der Waals surface area contributed by atoms with Crippen LogP contribution in [0.5, 0.6) is 0 Å². The van der Waals surface area contributed by atoms with Gasteiger partial charge in [0.1, 0.15) is 0 Å². The zero-order valence-electron chi connectivity index (χ0n) is 14.6. The van der Waals surface area contributed by atoms with E-state index in [4.69, 9.17) is 16.1 Å². The molecule has 0 spiro atoms. The van der Waals surface area contributed by atoms with Crippen molar-refractivity contribution in [3.63, 3.8) is 0 Å². The van der Waals surface area contributed by atoms with E-state index < -0.39 is 0 Å². The Morgan fingerprint density at radius 3 is 2.69 bits per heavy atom. The van der Waals surface area contributed by atoms with Gasteiger partial charge in [-0.3, -0.25) is 4.79 Å². The predicted octanol–water partition coefficient (Wildman–Crippen LogP) is 3.11. The first kappa shape index (κ1) is 17.5. The van der Waals surface area contributed by atoms with Crippen molar-refractivity contribution in [2.75, 3.05) is 0 Å². The topological polar surface area (TPSA) is 80.0 Å². The summed E-state index contributed by atoms with van der Waals surface area (Å²) in [5.41, 5.74) is 0.864. The number of halogens is 1. The van der Waals surface area contributed by atoms with Crippen LogP contribution < -0.4 is 10.6 Å². The fourth-order valence-electron chi connectivity index (χ4n) is 3.95. The van der Waals surface area contributed by atoms with Crippen molar-refractivity contribution < 1.29 is 9.32 Å². The maximum Gasteiger partial charge on any atom is 0.226 e. The third-order valence-corrected chi connectivity index (χ3v) is 5.46. The first-order valence-electron chi connectivity index (χ1n) is 9.29. The van der Waals surface area contributed by atoms with Gasteiger partial charge in [0, 0.05) is 41.6 Å². The summed E-state index contributed by atoms with van der Waals surface area (Å²) in [6, 6.07) is 8.80. The average molecular weight is 375 g/mol. The van der Waals surface area contributed by atoms with E-state index in [0.29, 0.717) is 54.1 Å². The Balaban J connectivity index is 1.22. The quantitative estimate of drug-likeness (QED) is 0.812. The highest BCUT2D eigenvalue weighted by atomic mass is 35.5. The minimum Gasteiger partial charge on any atom is -0.353 e. The van der Waals surface area contributed by atoms with E-state index in [9.17, 15) is 4.79 Å². The lowest BCUT2D eigenvalue weighted by atomic mass is 9.99. The second-order valence-corrected chi connectivity index (χ2v) is 7.68. The minimum absolute atomic E-state index is 0.119. The molecule has 2 unspecified atom stereocenters. The minimum atomic E-state index is 0.119. The monoisotopic (exact) mass is 374 g/mol. The summed E-state index contributed by atoms with van der Waals surface area (Å²) in [5.74, 6) is 1.22. The van der Waals surface area contributed by atoms with Gasteiger partial charge in [0.15, 0.2) is 0 Å². The molecule has 3 heterocycles. The molecule has 7 heteroatoms. The molecule has 2 aliphatic heterocycles. The summed E-state index contributed by atoms with van der Waals surface area (Å²) >= 11 is 5.89. The molecule has 0 radical (unpaired) electrons. The van der Waals surface area contributed by atoms with Crippen LogP contribution in [-0.4, -0.2) is 34.2 Å². The number of carbonyl (C=O) groups excluding carboxylic acids is 1. The lowest BCUT2D eigenvalue weighted by Gasteiger charge is -2.29. The van der Waals surface area contributed by atoms with Gasteiger partial charge < -0.3 is 15.2 Å². The molecule has 2 aromatic rings. The van der Waals surface area contributed by atoms with Crippen molar-refractivity contribution in [1.29, 1.82) is 0 Å². The Labute approximate surface area is 157 Å². The molecule has 2 bridgehead atoms. The number of nitrogens with zero attached hydrogens (tertiary/aromatic N) is 2. The molecule has 6 nitrogen and oxygen atoms in total. The van der Waals surface area contributed by atoms with Crippen LogP contribution in [0.1, 0.15) is 44.4 Å². The smallest absolute Gasteiger partial charge is 0.226 e. The highest BCUT2D eigenvalue weighted by molar-refractivity contribution is 6.30. The van der Waals surface area contributed by atoms with Crippen molar-refractivity contribution >= 4 is 17.5 Å². The van der Waals surface area contributed by atoms with Crippen molar-refractivity contribution in [2.24, 2.45) is 0 Å². The summed E-state index contributed by atoms with van der Waals surface area (Å²) in [7, 11) is 0. The first-order valence-corrected chi connectivity index (χ1v) is 9.67.